The minimum absolute atomic E-state index is 0.120. The van der Waals surface area contributed by atoms with E-state index in [1.807, 2.05) is 6.07 Å². The van der Waals surface area contributed by atoms with Crippen LogP contribution in [0.5, 0.6) is 11.5 Å². The number of rotatable bonds is 3. The lowest BCUT2D eigenvalue weighted by molar-refractivity contribution is -0.145. The predicted molar refractivity (Wildman–Crippen MR) is 110 cm³/mol. The van der Waals surface area contributed by atoms with E-state index < -0.39 is 17.8 Å². The van der Waals surface area contributed by atoms with Crippen molar-refractivity contribution >= 4 is 17.9 Å². The summed E-state index contributed by atoms with van der Waals surface area (Å²) in [6.07, 6.45) is -2.57. The summed E-state index contributed by atoms with van der Waals surface area (Å²) in [4.78, 5) is 28.4. The van der Waals surface area contributed by atoms with E-state index in [4.69, 9.17) is 9.47 Å². The van der Waals surface area contributed by atoms with E-state index in [0.29, 0.717) is 37.7 Å². The number of hydrogen-bond acceptors (Lipinski definition) is 4. The maximum Gasteiger partial charge on any atom is 0.416 e. The molecule has 4 rings (SSSR count). The molecule has 0 spiro atoms. The summed E-state index contributed by atoms with van der Waals surface area (Å²) in [6, 6.07) is 11.9. The van der Waals surface area contributed by atoms with E-state index in [1.54, 1.807) is 28.0 Å². The molecule has 1 atom stereocenters. The van der Waals surface area contributed by atoms with Gasteiger partial charge in [-0.25, -0.2) is 0 Å². The molecule has 2 aromatic rings. The van der Waals surface area contributed by atoms with Gasteiger partial charge in [-0.2, -0.15) is 13.2 Å². The minimum Gasteiger partial charge on any atom is -0.485 e. The fourth-order valence-electron chi connectivity index (χ4n) is 3.58. The number of para-hydroxylation sites is 2. The number of fused-ring (bicyclic) bond motifs is 1. The van der Waals surface area contributed by atoms with Crippen LogP contribution >= 0.6 is 0 Å². The second-order valence-corrected chi connectivity index (χ2v) is 7.47. The molecule has 2 aliphatic heterocycles. The standard InChI is InChI=1S/C23H21F3N2O4/c24-23(25,26)17-5-3-4-16(14-17)8-9-21(29)27-10-12-28(13-11-27)22(30)20-15-31-18-6-1-2-7-19(18)32-20/h1-9,14,20H,10-13,15H2/b9-8+. The van der Waals surface area contributed by atoms with E-state index >= 15 is 0 Å². The Bertz CT molecular complexity index is 1030. The zero-order chi connectivity index (χ0) is 22.7. The van der Waals surface area contributed by atoms with Gasteiger partial charge in [0, 0.05) is 32.3 Å². The largest absolute Gasteiger partial charge is 0.485 e. The molecule has 2 amide bonds. The fourth-order valence-corrected chi connectivity index (χ4v) is 3.58. The van der Waals surface area contributed by atoms with Crippen LogP contribution in [0, 0.1) is 0 Å². The maximum atomic E-state index is 12.8. The smallest absolute Gasteiger partial charge is 0.416 e. The van der Waals surface area contributed by atoms with Gasteiger partial charge in [-0.1, -0.05) is 24.3 Å². The van der Waals surface area contributed by atoms with Gasteiger partial charge in [0.2, 0.25) is 12.0 Å². The molecular weight excluding hydrogens is 425 g/mol. The van der Waals surface area contributed by atoms with E-state index in [1.165, 1.54) is 24.3 Å². The molecule has 2 aromatic carbocycles. The molecule has 0 bridgehead atoms. The summed E-state index contributed by atoms with van der Waals surface area (Å²) in [5.41, 5.74) is -0.479. The van der Waals surface area contributed by atoms with Crippen molar-refractivity contribution in [2.75, 3.05) is 32.8 Å². The first-order chi connectivity index (χ1) is 15.3. The van der Waals surface area contributed by atoms with Crippen molar-refractivity contribution < 1.29 is 32.2 Å². The zero-order valence-corrected chi connectivity index (χ0v) is 17.0. The summed E-state index contributed by atoms with van der Waals surface area (Å²) >= 11 is 0. The monoisotopic (exact) mass is 446 g/mol. The second-order valence-electron chi connectivity index (χ2n) is 7.47. The predicted octanol–water partition coefficient (Wildman–Crippen LogP) is 3.23. The van der Waals surface area contributed by atoms with Crippen molar-refractivity contribution in [2.45, 2.75) is 12.3 Å². The number of benzene rings is 2. The molecule has 1 unspecified atom stereocenters. The Kier molecular flexibility index (Phi) is 6.07. The molecule has 6 nitrogen and oxygen atoms in total. The first-order valence-corrected chi connectivity index (χ1v) is 10.1. The highest BCUT2D eigenvalue weighted by Gasteiger charge is 2.33. The van der Waals surface area contributed by atoms with E-state index in [9.17, 15) is 22.8 Å². The highest BCUT2D eigenvalue weighted by atomic mass is 19.4. The Morgan fingerprint density at radius 2 is 1.62 bits per heavy atom. The van der Waals surface area contributed by atoms with Crippen LogP contribution in [-0.4, -0.2) is 60.5 Å². The van der Waals surface area contributed by atoms with Crippen molar-refractivity contribution in [2.24, 2.45) is 0 Å². The van der Waals surface area contributed by atoms with Crippen LogP contribution in [0.15, 0.2) is 54.6 Å². The molecule has 0 N–H and O–H groups in total. The first-order valence-electron chi connectivity index (χ1n) is 10.1. The summed E-state index contributed by atoms with van der Waals surface area (Å²) in [6.45, 7) is 1.44. The highest BCUT2D eigenvalue weighted by molar-refractivity contribution is 5.92. The van der Waals surface area contributed by atoms with Gasteiger partial charge in [0.1, 0.15) is 6.61 Å². The van der Waals surface area contributed by atoms with Crippen LogP contribution in [0.1, 0.15) is 11.1 Å². The van der Waals surface area contributed by atoms with Crippen LogP contribution in [0.25, 0.3) is 6.08 Å². The number of carbonyl (C=O) groups is 2. The number of halogens is 3. The lowest BCUT2D eigenvalue weighted by Gasteiger charge is -2.36. The lowest BCUT2D eigenvalue weighted by Crippen LogP contribution is -2.54. The molecule has 1 saturated heterocycles. The van der Waals surface area contributed by atoms with Crippen molar-refractivity contribution in [3.05, 3.63) is 65.7 Å². The quantitative estimate of drug-likeness (QED) is 0.680. The number of hydrogen-bond donors (Lipinski definition) is 0. The molecule has 0 saturated carbocycles. The number of alkyl halides is 3. The molecule has 9 heteroatoms. The third-order valence-electron chi connectivity index (χ3n) is 5.32. The minimum atomic E-state index is -4.44. The van der Waals surface area contributed by atoms with Crippen molar-refractivity contribution in [1.82, 2.24) is 9.80 Å². The number of piperazine rings is 1. The van der Waals surface area contributed by atoms with E-state index in [-0.39, 0.29) is 24.0 Å². The number of ether oxygens (including phenoxy) is 2. The molecule has 2 aliphatic rings. The van der Waals surface area contributed by atoms with Crippen LogP contribution in [0.2, 0.25) is 0 Å². The zero-order valence-electron chi connectivity index (χ0n) is 17.0. The summed E-state index contributed by atoms with van der Waals surface area (Å²) in [5.74, 6) is 0.594. The van der Waals surface area contributed by atoms with Crippen LogP contribution in [0.4, 0.5) is 13.2 Å². The van der Waals surface area contributed by atoms with Crippen LogP contribution in [0.3, 0.4) is 0 Å². The third kappa shape index (κ3) is 4.87. The molecule has 0 radical (unpaired) electrons. The summed E-state index contributed by atoms with van der Waals surface area (Å²) in [7, 11) is 0. The summed E-state index contributed by atoms with van der Waals surface area (Å²) < 4.78 is 49.8. The topological polar surface area (TPSA) is 59.1 Å². The van der Waals surface area contributed by atoms with E-state index in [2.05, 4.69) is 0 Å². The van der Waals surface area contributed by atoms with Gasteiger partial charge in [0.15, 0.2) is 11.5 Å². The van der Waals surface area contributed by atoms with Crippen LogP contribution in [-0.2, 0) is 15.8 Å². The van der Waals surface area contributed by atoms with Crippen LogP contribution < -0.4 is 9.47 Å². The van der Waals surface area contributed by atoms with Gasteiger partial charge >= 0.3 is 6.18 Å². The second kappa shape index (κ2) is 8.94. The maximum absolute atomic E-state index is 12.8. The molecule has 1 fully saturated rings. The Morgan fingerprint density at radius 3 is 2.34 bits per heavy atom. The average molecular weight is 446 g/mol. The van der Waals surface area contributed by atoms with Crippen molar-refractivity contribution in [1.29, 1.82) is 0 Å². The number of carbonyl (C=O) groups excluding carboxylic acids is 2. The van der Waals surface area contributed by atoms with E-state index in [0.717, 1.165) is 12.1 Å². The van der Waals surface area contributed by atoms with Gasteiger partial charge in [-0.15, -0.1) is 0 Å². The van der Waals surface area contributed by atoms with Gasteiger partial charge in [0.25, 0.3) is 5.91 Å². The normalized spacial score (nSPS) is 18.7. The first kappa shape index (κ1) is 21.7. The highest BCUT2D eigenvalue weighted by Crippen LogP contribution is 2.31. The van der Waals surface area contributed by atoms with Gasteiger partial charge in [0.05, 0.1) is 5.56 Å². The Balaban J connectivity index is 1.30. The molecule has 0 aliphatic carbocycles. The number of amides is 2. The third-order valence-corrected chi connectivity index (χ3v) is 5.32. The molecule has 32 heavy (non-hydrogen) atoms. The average Bonchev–Trinajstić information content (AvgIpc) is 2.81. The Labute approximate surface area is 182 Å². The van der Waals surface area contributed by atoms with Crippen molar-refractivity contribution in [3.63, 3.8) is 0 Å². The molecule has 2 heterocycles. The number of nitrogens with zero attached hydrogens (tertiary/aromatic N) is 2. The SMILES string of the molecule is O=C(/C=C/c1cccc(C(F)(F)F)c1)N1CCN(C(=O)C2COc3ccccc3O2)CC1. The van der Waals surface area contributed by atoms with Gasteiger partial charge in [-0.05, 0) is 35.9 Å². The Hall–Kier alpha value is -3.49. The lowest BCUT2D eigenvalue weighted by atomic mass is 10.1. The Morgan fingerprint density at radius 1 is 0.938 bits per heavy atom. The van der Waals surface area contributed by atoms with Crippen molar-refractivity contribution in [3.8, 4) is 11.5 Å². The summed E-state index contributed by atoms with van der Waals surface area (Å²) in [5, 5.41) is 0. The molecule has 168 valence electrons. The van der Waals surface area contributed by atoms with Gasteiger partial charge < -0.3 is 19.3 Å². The molecular formula is C23H21F3N2O4. The van der Waals surface area contributed by atoms with Gasteiger partial charge in [-0.3, -0.25) is 9.59 Å². The molecule has 0 aromatic heterocycles. The fraction of sp³-hybridized carbons (Fsp3) is 0.304.